The Morgan fingerprint density at radius 3 is 2.76 bits per heavy atom. The molecule has 2 heterocycles. The topological polar surface area (TPSA) is 69.9 Å². The van der Waals surface area contributed by atoms with E-state index in [2.05, 4.69) is 15.3 Å². The first-order chi connectivity index (χ1) is 10.3. The van der Waals surface area contributed by atoms with Crippen molar-refractivity contribution in [2.45, 2.75) is 6.42 Å². The quantitative estimate of drug-likeness (QED) is 0.675. The Morgan fingerprint density at radius 1 is 1.33 bits per heavy atom. The molecule has 3 rings (SSSR count). The minimum atomic E-state index is 0.334. The summed E-state index contributed by atoms with van der Waals surface area (Å²) in [7, 11) is 1.63. The Hall–Kier alpha value is -2.54. The molecule has 0 N–H and O–H groups in total. The summed E-state index contributed by atoms with van der Waals surface area (Å²) in [6, 6.07) is 7.67. The van der Waals surface area contributed by atoms with Gasteiger partial charge < -0.3 is 4.74 Å². The normalized spacial score (nSPS) is 10.5. The first-order valence-electron chi connectivity index (χ1n) is 6.24. The number of hydrogen-bond donors (Lipinski definition) is 0. The van der Waals surface area contributed by atoms with E-state index in [-0.39, 0.29) is 0 Å². The van der Waals surface area contributed by atoms with Gasteiger partial charge in [-0.3, -0.25) is 4.79 Å². The number of benzene rings is 1. The van der Waals surface area contributed by atoms with Crippen LogP contribution in [-0.2, 0) is 6.42 Å². The maximum atomic E-state index is 11.1. The summed E-state index contributed by atoms with van der Waals surface area (Å²) >= 11 is 1.44. The van der Waals surface area contributed by atoms with Gasteiger partial charge in [0.1, 0.15) is 11.4 Å². The van der Waals surface area contributed by atoms with E-state index >= 15 is 0 Å². The highest BCUT2D eigenvalue weighted by molar-refractivity contribution is 7.12. The third-order valence-corrected chi connectivity index (χ3v) is 3.78. The van der Waals surface area contributed by atoms with Gasteiger partial charge in [-0.05, 0) is 17.7 Å². The number of thiazole rings is 1. The van der Waals surface area contributed by atoms with Gasteiger partial charge in [-0.15, -0.1) is 16.4 Å². The molecule has 3 aromatic rings. The number of aldehydes is 1. The smallest absolute Gasteiger partial charge is 0.211 e. The zero-order chi connectivity index (χ0) is 14.7. The summed E-state index contributed by atoms with van der Waals surface area (Å²) in [5.74, 6) is 0.793. The maximum absolute atomic E-state index is 11.1. The van der Waals surface area contributed by atoms with Crippen molar-refractivity contribution >= 4 is 17.6 Å². The fourth-order valence-electron chi connectivity index (χ4n) is 1.98. The van der Waals surface area contributed by atoms with Crippen LogP contribution in [0.1, 0.15) is 21.7 Å². The average Bonchev–Trinajstić information content (AvgIpc) is 3.17. The van der Waals surface area contributed by atoms with Gasteiger partial charge in [-0.25, -0.2) is 4.98 Å². The molecule has 0 saturated heterocycles. The third-order valence-electron chi connectivity index (χ3n) is 3.04. The van der Waals surface area contributed by atoms with Gasteiger partial charge in [0.2, 0.25) is 5.13 Å². The molecule has 0 radical (unpaired) electrons. The lowest BCUT2D eigenvalue weighted by Crippen LogP contribution is -2.04. The predicted octanol–water partition coefficient (Wildman–Crippen LogP) is 2.14. The SMILES string of the molecule is COc1ccc(Cc2c(C=O)nnn2-c2nccs2)cc1. The van der Waals surface area contributed by atoms with Crippen molar-refractivity contribution in [2.24, 2.45) is 0 Å². The molecule has 21 heavy (non-hydrogen) atoms. The molecule has 2 aromatic heterocycles. The second kappa shape index (κ2) is 5.84. The molecule has 0 spiro atoms. The molecule has 0 bridgehead atoms. The summed E-state index contributed by atoms with van der Waals surface area (Å²) in [6.07, 6.45) is 2.96. The van der Waals surface area contributed by atoms with E-state index in [1.165, 1.54) is 11.3 Å². The fourth-order valence-corrected chi connectivity index (χ4v) is 2.59. The zero-order valence-electron chi connectivity index (χ0n) is 11.3. The molecule has 6 nitrogen and oxygen atoms in total. The first-order valence-corrected chi connectivity index (χ1v) is 7.12. The molecule has 0 amide bonds. The van der Waals surface area contributed by atoms with Crippen molar-refractivity contribution in [3.05, 3.63) is 52.8 Å². The van der Waals surface area contributed by atoms with Crippen LogP contribution >= 0.6 is 11.3 Å². The molecule has 0 saturated carbocycles. The van der Waals surface area contributed by atoms with Gasteiger partial charge >= 0.3 is 0 Å². The average molecular weight is 300 g/mol. The van der Waals surface area contributed by atoms with Crippen molar-refractivity contribution < 1.29 is 9.53 Å². The lowest BCUT2D eigenvalue weighted by Gasteiger charge is -2.05. The number of aromatic nitrogens is 4. The van der Waals surface area contributed by atoms with E-state index in [0.29, 0.717) is 17.2 Å². The first kappa shape index (κ1) is 13.4. The van der Waals surface area contributed by atoms with Crippen LogP contribution in [0.3, 0.4) is 0 Å². The lowest BCUT2D eigenvalue weighted by atomic mass is 10.1. The highest BCUT2D eigenvalue weighted by Gasteiger charge is 2.15. The molecule has 0 aliphatic carbocycles. The highest BCUT2D eigenvalue weighted by Crippen LogP contribution is 2.19. The van der Waals surface area contributed by atoms with Crippen LogP contribution in [0.5, 0.6) is 5.75 Å². The van der Waals surface area contributed by atoms with Crippen LogP contribution in [0.4, 0.5) is 0 Å². The van der Waals surface area contributed by atoms with Gasteiger partial charge in [0.05, 0.1) is 12.8 Å². The second-order valence-corrected chi connectivity index (χ2v) is 5.16. The summed E-state index contributed by atoms with van der Waals surface area (Å²) < 4.78 is 6.75. The van der Waals surface area contributed by atoms with E-state index in [0.717, 1.165) is 23.3 Å². The second-order valence-electron chi connectivity index (χ2n) is 4.29. The van der Waals surface area contributed by atoms with Crippen LogP contribution in [-0.4, -0.2) is 33.4 Å². The van der Waals surface area contributed by atoms with Gasteiger partial charge in [-0.1, -0.05) is 17.3 Å². The summed E-state index contributed by atoms with van der Waals surface area (Å²) in [5, 5.41) is 10.5. The molecule has 7 heteroatoms. The van der Waals surface area contributed by atoms with Crippen molar-refractivity contribution in [3.8, 4) is 10.9 Å². The van der Waals surface area contributed by atoms with Crippen LogP contribution in [0, 0.1) is 0 Å². The van der Waals surface area contributed by atoms with Crippen molar-refractivity contribution in [3.63, 3.8) is 0 Å². The molecule has 1 aromatic carbocycles. The number of rotatable bonds is 5. The van der Waals surface area contributed by atoms with Crippen LogP contribution in [0.2, 0.25) is 0 Å². The maximum Gasteiger partial charge on any atom is 0.211 e. The van der Waals surface area contributed by atoms with Crippen molar-refractivity contribution in [1.82, 2.24) is 20.0 Å². The Balaban J connectivity index is 1.96. The van der Waals surface area contributed by atoms with Gasteiger partial charge in [0, 0.05) is 18.0 Å². The Kier molecular flexibility index (Phi) is 3.74. The van der Waals surface area contributed by atoms with E-state index in [9.17, 15) is 4.79 Å². The van der Waals surface area contributed by atoms with Gasteiger partial charge in [0.25, 0.3) is 0 Å². The summed E-state index contributed by atoms with van der Waals surface area (Å²) in [5.41, 5.74) is 2.10. The van der Waals surface area contributed by atoms with Gasteiger partial charge in [-0.2, -0.15) is 4.68 Å². The van der Waals surface area contributed by atoms with Crippen molar-refractivity contribution in [2.75, 3.05) is 7.11 Å². The molecule has 106 valence electrons. The minimum absolute atomic E-state index is 0.334. The van der Waals surface area contributed by atoms with E-state index in [1.54, 1.807) is 18.0 Å². The predicted molar refractivity (Wildman–Crippen MR) is 78.2 cm³/mol. The highest BCUT2D eigenvalue weighted by atomic mass is 32.1. The third kappa shape index (κ3) is 2.68. The summed E-state index contributed by atoms with van der Waals surface area (Å²) in [4.78, 5) is 15.4. The largest absolute Gasteiger partial charge is 0.497 e. The molecule has 0 aliphatic heterocycles. The number of carbonyl (C=O) groups is 1. The molecule has 0 fully saturated rings. The molecular formula is C14H12N4O2S. The Labute approximate surface area is 125 Å². The lowest BCUT2D eigenvalue weighted by molar-refractivity contribution is 0.111. The number of carbonyl (C=O) groups excluding carboxylic acids is 1. The fraction of sp³-hybridized carbons (Fsp3) is 0.143. The van der Waals surface area contributed by atoms with Crippen LogP contribution in [0.15, 0.2) is 35.8 Å². The van der Waals surface area contributed by atoms with Crippen LogP contribution in [0.25, 0.3) is 5.13 Å². The molecule has 0 unspecified atom stereocenters. The number of methoxy groups -OCH3 is 1. The van der Waals surface area contributed by atoms with E-state index < -0.39 is 0 Å². The zero-order valence-corrected chi connectivity index (χ0v) is 12.1. The summed E-state index contributed by atoms with van der Waals surface area (Å²) in [6.45, 7) is 0. The molecule has 0 atom stereocenters. The number of ether oxygens (including phenoxy) is 1. The Morgan fingerprint density at radius 2 is 2.14 bits per heavy atom. The molecule has 0 aliphatic rings. The van der Waals surface area contributed by atoms with Gasteiger partial charge in [0.15, 0.2) is 6.29 Å². The monoisotopic (exact) mass is 300 g/mol. The van der Waals surface area contributed by atoms with Crippen LogP contribution < -0.4 is 4.74 Å². The standard InChI is InChI=1S/C14H12N4O2S/c1-20-11-4-2-10(3-5-11)8-13-12(9-19)16-17-18(13)14-15-6-7-21-14/h2-7,9H,8H2,1H3. The number of hydrogen-bond acceptors (Lipinski definition) is 6. The Bertz CT molecular complexity index is 735. The molecular weight excluding hydrogens is 288 g/mol. The number of nitrogens with zero attached hydrogens (tertiary/aromatic N) is 4. The van der Waals surface area contributed by atoms with E-state index in [4.69, 9.17) is 4.74 Å². The van der Waals surface area contributed by atoms with Crippen molar-refractivity contribution in [1.29, 1.82) is 0 Å². The minimum Gasteiger partial charge on any atom is -0.497 e. The van der Waals surface area contributed by atoms with E-state index in [1.807, 2.05) is 29.6 Å².